The van der Waals surface area contributed by atoms with Crippen LogP contribution in [0, 0.1) is 52.3 Å². The largest absolute Gasteiger partial charge is 0.503 e. The van der Waals surface area contributed by atoms with Gasteiger partial charge in [0.15, 0.2) is 0 Å². The van der Waals surface area contributed by atoms with E-state index in [1.165, 1.54) is 0 Å². The first-order valence-electron chi connectivity index (χ1n) is 10.8. The van der Waals surface area contributed by atoms with Crippen LogP contribution in [0.5, 0.6) is 0 Å². The summed E-state index contributed by atoms with van der Waals surface area (Å²) < 4.78 is 0. The van der Waals surface area contributed by atoms with E-state index in [0.29, 0.717) is 0 Å². The minimum absolute atomic E-state index is 0.764. The smallest absolute Gasteiger partial charge is 0.450 e. The van der Waals surface area contributed by atoms with Crippen molar-refractivity contribution in [2.75, 3.05) is 0 Å². The molecule has 0 aromatic carbocycles. The lowest BCUT2D eigenvalue weighted by Crippen LogP contribution is -2.61. The van der Waals surface area contributed by atoms with Crippen LogP contribution >= 0.6 is 0 Å². The zero-order valence-corrected chi connectivity index (χ0v) is 15.6. The standard InChI is InChI=1S/C21H32.CH2O3/c1-20-8-16-5-17(9-20)7-18(6-16)19(20)21-10-13-2-14(11-21)4-15(3-13)12-21;2-1(3)4/h13-19H,2-12H2,1H3;(H2,2,3,4). The fourth-order valence-electron chi connectivity index (χ4n) is 10.2. The molecule has 140 valence electrons. The molecule has 8 rings (SSSR count). The molecule has 0 amide bonds. The molecule has 0 aromatic heterocycles. The molecule has 2 N–H and O–H groups in total. The second-order valence-corrected chi connectivity index (χ2v) is 11.3. The summed E-state index contributed by atoms with van der Waals surface area (Å²) in [5.74, 6) is 8.02. The summed E-state index contributed by atoms with van der Waals surface area (Å²) in [5, 5.41) is 13.9. The molecule has 3 unspecified atom stereocenters. The summed E-state index contributed by atoms with van der Waals surface area (Å²) in [6.45, 7) is 2.75. The highest BCUT2D eigenvalue weighted by Gasteiger charge is 2.64. The number of hydrogen-bond donors (Lipinski definition) is 2. The molecule has 8 bridgehead atoms. The monoisotopic (exact) mass is 346 g/mol. The van der Waals surface area contributed by atoms with Crippen molar-refractivity contribution in [2.24, 2.45) is 52.3 Å². The number of carboxylic acid groups (broad SMARTS) is 2. The van der Waals surface area contributed by atoms with E-state index in [9.17, 15) is 0 Å². The van der Waals surface area contributed by atoms with Gasteiger partial charge in [0.1, 0.15) is 0 Å². The van der Waals surface area contributed by atoms with E-state index in [0.717, 1.165) is 52.3 Å². The van der Waals surface area contributed by atoms with Gasteiger partial charge in [-0.1, -0.05) is 6.92 Å². The molecule has 0 heterocycles. The SMILES string of the molecule is CC12CC3CC(CC(C3)C1C13CC4CC(CC(C4)C1)C3)C2.O=C(O)O. The minimum atomic E-state index is -1.83. The lowest BCUT2D eigenvalue weighted by molar-refractivity contribution is -0.200. The second kappa shape index (κ2) is 5.39. The van der Waals surface area contributed by atoms with Gasteiger partial charge in [-0.2, -0.15) is 0 Å². The van der Waals surface area contributed by atoms with E-state index in [2.05, 4.69) is 6.92 Å². The number of carbonyl (C=O) groups is 1. The maximum absolute atomic E-state index is 8.56. The molecular weight excluding hydrogens is 312 g/mol. The first-order valence-corrected chi connectivity index (χ1v) is 10.8. The van der Waals surface area contributed by atoms with Crippen LogP contribution in [0.1, 0.15) is 77.6 Å². The Labute approximate surface area is 151 Å². The summed E-state index contributed by atoms with van der Waals surface area (Å²) in [6.07, 6.45) is 16.1. The van der Waals surface area contributed by atoms with Gasteiger partial charge in [-0.3, -0.25) is 0 Å². The van der Waals surface area contributed by atoms with E-state index in [4.69, 9.17) is 15.0 Å². The van der Waals surface area contributed by atoms with Crippen molar-refractivity contribution < 1.29 is 15.0 Å². The third-order valence-electron chi connectivity index (χ3n) is 9.42. The van der Waals surface area contributed by atoms with Gasteiger partial charge in [0, 0.05) is 0 Å². The third kappa shape index (κ3) is 2.55. The fourth-order valence-corrected chi connectivity index (χ4v) is 10.2. The predicted octanol–water partition coefficient (Wildman–Crippen LogP) is 5.89. The molecule has 8 fully saturated rings. The van der Waals surface area contributed by atoms with Crippen molar-refractivity contribution in [3.8, 4) is 0 Å². The van der Waals surface area contributed by atoms with Crippen LogP contribution in [-0.2, 0) is 0 Å². The first kappa shape index (κ1) is 16.4. The zero-order valence-electron chi connectivity index (χ0n) is 15.6. The summed E-state index contributed by atoms with van der Waals surface area (Å²) in [7, 11) is 0. The Morgan fingerprint density at radius 2 is 1.08 bits per heavy atom. The predicted molar refractivity (Wildman–Crippen MR) is 96.4 cm³/mol. The van der Waals surface area contributed by atoms with Crippen molar-refractivity contribution in [2.45, 2.75) is 77.6 Å². The van der Waals surface area contributed by atoms with Crippen molar-refractivity contribution >= 4 is 6.16 Å². The molecule has 3 atom stereocenters. The average molecular weight is 347 g/mol. The summed E-state index contributed by atoms with van der Waals surface area (Å²) >= 11 is 0. The lowest BCUT2D eigenvalue weighted by atomic mass is 9.35. The molecule has 0 saturated heterocycles. The molecule has 8 aliphatic carbocycles. The average Bonchev–Trinajstić information content (AvgIpc) is 2.41. The Hall–Kier alpha value is -0.730. The maximum atomic E-state index is 8.56. The molecule has 0 spiro atoms. The fraction of sp³-hybridized carbons (Fsp3) is 0.955. The molecule has 0 radical (unpaired) electrons. The van der Waals surface area contributed by atoms with Crippen LogP contribution in [0.3, 0.4) is 0 Å². The van der Waals surface area contributed by atoms with Gasteiger partial charge in [-0.25, -0.2) is 4.79 Å². The van der Waals surface area contributed by atoms with E-state index in [1.807, 2.05) is 0 Å². The van der Waals surface area contributed by atoms with Crippen LogP contribution in [0.25, 0.3) is 0 Å². The molecule has 3 heteroatoms. The quantitative estimate of drug-likeness (QED) is 0.622. The Kier molecular flexibility index (Phi) is 3.55. The number of hydrogen-bond acceptors (Lipinski definition) is 1. The van der Waals surface area contributed by atoms with Gasteiger partial charge in [0.2, 0.25) is 0 Å². The summed E-state index contributed by atoms with van der Waals surface area (Å²) in [4.78, 5) is 8.56. The van der Waals surface area contributed by atoms with E-state index in [-0.39, 0.29) is 0 Å². The van der Waals surface area contributed by atoms with Crippen molar-refractivity contribution in [3.63, 3.8) is 0 Å². The molecule has 25 heavy (non-hydrogen) atoms. The summed E-state index contributed by atoms with van der Waals surface area (Å²) in [6, 6.07) is 0. The third-order valence-corrected chi connectivity index (χ3v) is 9.42. The minimum Gasteiger partial charge on any atom is -0.450 e. The van der Waals surface area contributed by atoms with Crippen molar-refractivity contribution in [3.05, 3.63) is 0 Å². The van der Waals surface area contributed by atoms with Gasteiger partial charge in [-0.15, -0.1) is 0 Å². The zero-order chi connectivity index (χ0) is 17.4. The molecule has 8 aliphatic rings. The molecule has 0 aromatic rings. The van der Waals surface area contributed by atoms with Gasteiger partial charge < -0.3 is 10.2 Å². The van der Waals surface area contributed by atoms with Crippen LogP contribution in [-0.4, -0.2) is 16.4 Å². The van der Waals surface area contributed by atoms with Gasteiger partial charge in [0.25, 0.3) is 0 Å². The highest BCUT2D eigenvalue weighted by atomic mass is 16.6. The Morgan fingerprint density at radius 1 is 0.720 bits per heavy atom. The normalized spacial score (nSPS) is 57.2. The molecule has 8 saturated carbocycles. The lowest BCUT2D eigenvalue weighted by Gasteiger charge is -2.70. The first-order chi connectivity index (χ1) is 11.9. The Balaban J connectivity index is 0.000000321. The van der Waals surface area contributed by atoms with Crippen molar-refractivity contribution in [1.82, 2.24) is 0 Å². The topological polar surface area (TPSA) is 57.5 Å². The highest BCUT2D eigenvalue weighted by molar-refractivity contribution is 5.53. The number of rotatable bonds is 1. The van der Waals surface area contributed by atoms with Gasteiger partial charge >= 0.3 is 6.16 Å². The van der Waals surface area contributed by atoms with Gasteiger partial charge in [-0.05, 0) is 123 Å². The van der Waals surface area contributed by atoms with E-state index < -0.39 is 6.16 Å². The molecule has 3 nitrogen and oxygen atoms in total. The second-order valence-electron chi connectivity index (χ2n) is 11.3. The van der Waals surface area contributed by atoms with Crippen molar-refractivity contribution in [1.29, 1.82) is 0 Å². The molecule has 0 aliphatic heterocycles. The maximum Gasteiger partial charge on any atom is 0.503 e. The highest BCUT2D eigenvalue weighted by Crippen LogP contribution is 2.73. The van der Waals surface area contributed by atoms with E-state index >= 15 is 0 Å². The summed E-state index contributed by atoms with van der Waals surface area (Å²) in [5.41, 5.74) is 1.60. The van der Waals surface area contributed by atoms with Crippen LogP contribution in [0.15, 0.2) is 0 Å². The molecular formula is C22H34O3. The van der Waals surface area contributed by atoms with E-state index in [1.54, 1.807) is 70.6 Å². The Morgan fingerprint density at radius 3 is 1.44 bits per heavy atom. The van der Waals surface area contributed by atoms with Crippen LogP contribution in [0.4, 0.5) is 4.79 Å². The van der Waals surface area contributed by atoms with Gasteiger partial charge in [0.05, 0.1) is 0 Å². The Bertz CT molecular complexity index is 514. The van der Waals surface area contributed by atoms with Crippen LogP contribution < -0.4 is 0 Å². The van der Waals surface area contributed by atoms with Crippen LogP contribution in [0.2, 0.25) is 0 Å².